The Morgan fingerprint density at radius 3 is 2.40 bits per heavy atom. The number of carbonyl (C=O) groups excluding carboxylic acids is 2. The normalized spacial score (nSPS) is 15.0. The number of amides is 3. The molecular weight excluding hydrogens is 579 g/mol. The Balaban J connectivity index is 1.40. The number of carboxylic acids is 1. The number of halogens is 2. The minimum absolute atomic E-state index is 0.103. The van der Waals surface area contributed by atoms with Crippen LogP contribution in [0.25, 0.3) is 0 Å². The molecule has 5 N–H and O–H groups in total. The predicted molar refractivity (Wildman–Crippen MR) is 152 cm³/mol. The number of aliphatic carboxylic acids is 1. The molecule has 10 nitrogen and oxygen atoms in total. The van der Waals surface area contributed by atoms with Gasteiger partial charge in [-0.2, -0.15) is 0 Å². The Morgan fingerprint density at radius 2 is 1.68 bits per heavy atom. The molecular formula is C27H26Cl2N4O6S. The van der Waals surface area contributed by atoms with Crippen LogP contribution >= 0.6 is 23.2 Å². The van der Waals surface area contributed by atoms with Gasteiger partial charge in [-0.1, -0.05) is 77.8 Å². The third-order valence-electron chi connectivity index (χ3n) is 6.29. The average Bonchev–Trinajstić information content (AvgIpc) is 3.31. The van der Waals surface area contributed by atoms with Crippen molar-refractivity contribution in [3.05, 3.63) is 99.0 Å². The number of hydrogen-bond acceptors (Lipinski definition) is 5. The molecule has 0 aromatic heterocycles. The van der Waals surface area contributed by atoms with E-state index in [2.05, 4.69) is 20.7 Å². The Morgan fingerprint density at radius 1 is 0.975 bits per heavy atom. The van der Waals surface area contributed by atoms with Crippen molar-refractivity contribution >= 4 is 56.8 Å². The molecule has 1 aliphatic carbocycles. The monoisotopic (exact) mass is 604 g/mol. The number of sulfonamides is 1. The lowest BCUT2D eigenvalue weighted by Gasteiger charge is -2.19. The van der Waals surface area contributed by atoms with Crippen LogP contribution in [0, 0.1) is 0 Å². The molecule has 0 bridgehead atoms. The van der Waals surface area contributed by atoms with Crippen molar-refractivity contribution in [2.75, 3.05) is 11.3 Å². The van der Waals surface area contributed by atoms with E-state index in [1.807, 2.05) is 24.3 Å². The molecule has 0 radical (unpaired) electrons. The molecule has 3 amide bonds. The zero-order valence-electron chi connectivity index (χ0n) is 21.0. The number of aryl methyl sites for hydroxylation is 1. The molecule has 3 aromatic carbocycles. The number of rotatable bonds is 10. The first kappa shape index (κ1) is 29.2. The summed E-state index contributed by atoms with van der Waals surface area (Å²) in [7, 11) is -3.91. The summed E-state index contributed by atoms with van der Waals surface area (Å²) in [5.74, 6) is -2.71. The molecule has 40 heavy (non-hydrogen) atoms. The van der Waals surface area contributed by atoms with E-state index in [1.54, 1.807) is 30.3 Å². The van der Waals surface area contributed by atoms with Crippen LogP contribution in [0.2, 0.25) is 10.0 Å². The predicted octanol–water partition coefficient (Wildman–Crippen LogP) is 4.11. The minimum atomic E-state index is -3.91. The number of nitrogens with one attached hydrogen (secondary N) is 4. The highest BCUT2D eigenvalue weighted by molar-refractivity contribution is 7.91. The fourth-order valence-electron chi connectivity index (χ4n) is 4.38. The van der Waals surface area contributed by atoms with Crippen LogP contribution in [0.1, 0.15) is 39.5 Å². The van der Waals surface area contributed by atoms with Crippen LogP contribution in [0.3, 0.4) is 0 Å². The average molecular weight is 606 g/mol. The maximum Gasteiger partial charge on any atom is 0.328 e. The molecule has 3 aromatic rings. The molecule has 210 valence electrons. The molecule has 2 atom stereocenters. The van der Waals surface area contributed by atoms with Crippen LogP contribution in [-0.4, -0.2) is 44.0 Å². The van der Waals surface area contributed by atoms with Crippen molar-refractivity contribution in [3.63, 3.8) is 0 Å². The van der Waals surface area contributed by atoms with Gasteiger partial charge in [0.2, 0.25) is 10.0 Å². The third-order valence-corrected chi connectivity index (χ3v) is 8.24. The summed E-state index contributed by atoms with van der Waals surface area (Å²) in [6.45, 7) is -0.431. The highest BCUT2D eigenvalue weighted by atomic mass is 35.5. The molecule has 0 spiro atoms. The number of hydrogen-bond donors (Lipinski definition) is 5. The number of carboxylic acid groups (broad SMARTS) is 1. The molecule has 2 unspecified atom stereocenters. The van der Waals surface area contributed by atoms with E-state index in [-0.39, 0.29) is 33.1 Å². The first-order chi connectivity index (χ1) is 19.0. The van der Waals surface area contributed by atoms with Crippen molar-refractivity contribution in [2.24, 2.45) is 0 Å². The molecule has 1 aliphatic rings. The summed E-state index contributed by atoms with van der Waals surface area (Å²) in [6.07, 6.45) is 1.53. The number of fused-ring (bicyclic) bond motifs is 1. The van der Waals surface area contributed by atoms with Gasteiger partial charge in [-0.25, -0.2) is 18.0 Å². The van der Waals surface area contributed by atoms with Gasteiger partial charge in [0.05, 0.1) is 39.6 Å². The smallest absolute Gasteiger partial charge is 0.328 e. The van der Waals surface area contributed by atoms with Gasteiger partial charge in [0.15, 0.2) is 0 Å². The van der Waals surface area contributed by atoms with E-state index in [1.165, 1.54) is 12.1 Å². The SMILES string of the molecule is O=C(NCC(NC(=O)c1c(Cl)ccc(NS(=O)(=O)Cc2ccccc2)c1Cl)C(=O)O)NC1CCc2ccccc21. The quantitative estimate of drug-likeness (QED) is 0.235. The number of benzene rings is 3. The molecule has 0 fully saturated rings. The highest BCUT2D eigenvalue weighted by Gasteiger charge is 2.27. The fourth-order valence-corrected chi connectivity index (χ4v) is 6.23. The van der Waals surface area contributed by atoms with E-state index in [9.17, 15) is 27.9 Å². The number of urea groups is 1. The van der Waals surface area contributed by atoms with Crippen molar-refractivity contribution in [1.82, 2.24) is 16.0 Å². The van der Waals surface area contributed by atoms with Crippen molar-refractivity contribution < 1.29 is 27.9 Å². The van der Waals surface area contributed by atoms with Gasteiger partial charge >= 0.3 is 12.0 Å². The molecule has 0 saturated carbocycles. The molecule has 0 heterocycles. The van der Waals surface area contributed by atoms with E-state index >= 15 is 0 Å². The standard InChI is InChI=1S/C27H26Cl2N4O6S/c28-19-11-13-21(33-40(38,39)15-16-6-2-1-3-7-16)24(29)23(19)25(34)31-22(26(35)36)14-30-27(37)32-20-12-10-17-8-4-5-9-18(17)20/h1-9,11,13,20,22,33H,10,12,14-15H2,(H,31,34)(H,35,36)(H2,30,32,37). The zero-order valence-corrected chi connectivity index (χ0v) is 23.3. The number of anilines is 1. The molecule has 0 aliphatic heterocycles. The third kappa shape index (κ3) is 7.23. The first-order valence-corrected chi connectivity index (χ1v) is 14.6. The highest BCUT2D eigenvalue weighted by Crippen LogP contribution is 2.33. The van der Waals surface area contributed by atoms with Crippen molar-refractivity contribution in [3.8, 4) is 0 Å². The molecule has 4 rings (SSSR count). The van der Waals surface area contributed by atoms with Gasteiger partial charge < -0.3 is 21.1 Å². The fraction of sp³-hybridized carbons (Fsp3) is 0.222. The summed E-state index contributed by atoms with van der Waals surface area (Å²) in [5.41, 5.74) is 2.26. The topological polar surface area (TPSA) is 154 Å². The summed E-state index contributed by atoms with van der Waals surface area (Å²) in [4.78, 5) is 37.3. The van der Waals surface area contributed by atoms with Gasteiger partial charge in [-0.3, -0.25) is 9.52 Å². The van der Waals surface area contributed by atoms with Crippen molar-refractivity contribution in [2.45, 2.75) is 30.7 Å². The van der Waals surface area contributed by atoms with E-state index in [0.717, 1.165) is 17.5 Å². The van der Waals surface area contributed by atoms with Gasteiger partial charge in [-0.05, 0) is 41.7 Å². The number of carbonyl (C=O) groups is 3. The largest absolute Gasteiger partial charge is 0.480 e. The summed E-state index contributed by atoms with van der Waals surface area (Å²) >= 11 is 12.5. The maximum absolute atomic E-state index is 13.0. The van der Waals surface area contributed by atoms with Crippen LogP contribution in [-0.2, 0) is 27.0 Å². The van der Waals surface area contributed by atoms with Crippen LogP contribution in [0.4, 0.5) is 10.5 Å². The Labute approximate surface area is 241 Å². The second kappa shape index (κ2) is 12.6. The lowest BCUT2D eigenvalue weighted by Crippen LogP contribution is -2.50. The van der Waals surface area contributed by atoms with E-state index in [0.29, 0.717) is 12.0 Å². The summed E-state index contributed by atoms with van der Waals surface area (Å²) < 4.78 is 27.7. The minimum Gasteiger partial charge on any atom is -0.480 e. The van der Waals surface area contributed by atoms with Gasteiger partial charge in [0.25, 0.3) is 5.91 Å². The van der Waals surface area contributed by atoms with E-state index < -0.39 is 40.5 Å². The first-order valence-electron chi connectivity index (χ1n) is 12.2. The van der Waals surface area contributed by atoms with Crippen LogP contribution in [0.5, 0.6) is 0 Å². The zero-order chi connectivity index (χ0) is 28.9. The lowest BCUT2D eigenvalue weighted by molar-refractivity contribution is -0.139. The summed E-state index contributed by atoms with van der Waals surface area (Å²) in [6, 6.07) is 16.4. The Kier molecular flexibility index (Phi) is 9.18. The second-order valence-corrected chi connectivity index (χ2v) is 11.6. The van der Waals surface area contributed by atoms with E-state index in [4.69, 9.17) is 23.2 Å². The second-order valence-electron chi connectivity index (χ2n) is 9.14. The van der Waals surface area contributed by atoms with Gasteiger partial charge in [0.1, 0.15) is 6.04 Å². The molecule has 0 saturated heterocycles. The van der Waals surface area contributed by atoms with Gasteiger partial charge in [-0.15, -0.1) is 0 Å². The van der Waals surface area contributed by atoms with Crippen LogP contribution in [0.15, 0.2) is 66.7 Å². The maximum atomic E-state index is 13.0. The molecule has 13 heteroatoms. The summed E-state index contributed by atoms with van der Waals surface area (Å²) in [5, 5.41) is 16.8. The van der Waals surface area contributed by atoms with Crippen LogP contribution < -0.4 is 20.7 Å². The Hall–Kier alpha value is -3.80. The lowest BCUT2D eigenvalue weighted by atomic mass is 10.1. The van der Waals surface area contributed by atoms with Crippen molar-refractivity contribution in [1.29, 1.82) is 0 Å². The van der Waals surface area contributed by atoms with Gasteiger partial charge in [0, 0.05) is 0 Å². The Bertz CT molecular complexity index is 1540.